The number of fused-ring (bicyclic) bond motifs is 1. The SMILES string of the molecule is Cn1cc(-c2ccc3occ(-c4cccc(Oc5ccccc5)c4)c3n2)cn1. The molecule has 136 valence electrons. The van der Waals surface area contributed by atoms with Crippen molar-refractivity contribution in [3.63, 3.8) is 0 Å². The van der Waals surface area contributed by atoms with Gasteiger partial charge in [0, 0.05) is 24.4 Å². The molecule has 0 N–H and O–H groups in total. The fraction of sp³-hybridized carbons (Fsp3) is 0.0435. The average molecular weight is 367 g/mol. The zero-order valence-electron chi connectivity index (χ0n) is 15.2. The minimum Gasteiger partial charge on any atom is -0.462 e. The second-order valence-electron chi connectivity index (χ2n) is 6.54. The summed E-state index contributed by atoms with van der Waals surface area (Å²) in [7, 11) is 1.89. The van der Waals surface area contributed by atoms with Crippen molar-refractivity contribution in [1.82, 2.24) is 14.8 Å². The molecule has 0 saturated carbocycles. The Labute approximate surface area is 161 Å². The number of aromatic nitrogens is 3. The Hall–Kier alpha value is -3.86. The molecule has 2 aromatic carbocycles. The third-order valence-corrected chi connectivity index (χ3v) is 4.54. The van der Waals surface area contributed by atoms with Gasteiger partial charge in [-0.2, -0.15) is 5.10 Å². The maximum atomic E-state index is 5.96. The average Bonchev–Trinajstić information content (AvgIpc) is 3.35. The number of para-hydroxylation sites is 1. The van der Waals surface area contributed by atoms with Gasteiger partial charge in [0.2, 0.25) is 0 Å². The number of nitrogens with zero attached hydrogens (tertiary/aromatic N) is 3. The summed E-state index contributed by atoms with van der Waals surface area (Å²) in [6, 6.07) is 21.6. The molecule has 0 radical (unpaired) electrons. The van der Waals surface area contributed by atoms with Crippen LogP contribution in [0.5, 0.6) is 11.5 Å². The number of furan rings is 1. The molecular formula is C23H17N3O2. The molecule has 3 aromatic heterocycles. The second-order valence-corrected chi connectivity index (χ2v) is 6.54. The number of hydrogen-bond donors (Lipinski definition) is 0. The number of rotatable bonds is 4. The molecule has 0 aliphatic heterocycles. The van der Waals surface area contributed by atoms with Gasteiger partial charge in [-0.15, -0.1) is 0 Å². The molecule has 0 fully saturated rings. The van der Waals surface area contributed by atoms with Gasteiger partial charge in [-0.1, -0.05) is 30.3 Å². The molecule has 5 aromatic rings. The predicted octanol–water partition coefficient (Wildman–Crippen LogP) is 5.69. The lowest BCUT2D eigenvalue weighted by Gasteiger charge is -2.07. The standard InChI is InChI=1S/C23H17N3O2/c1-26-14-17(13-24-26)21-10-11-22-23(25-21)20(15-27-22)16-6-5-9-19(12-16)28-18-7-3-2-4-8-18/h2-15H,1H3. The molecule has 5 nitrogen and oxygen atoms in total. The monoisotopic (exact) mass is 367 g/mol. The van der Waals surface area contributed by atoms with E-state index in [-0.39, 0.29) is 0 Å². The van der Waals surface area contributed by atoms with Crippen molar-refractivity contribution in [2.24, 2.45) is 7.05 Å². The zero-order valence-corrected chi connectivity index (χ0v) is 15.2. The third kappa shape index (κ3) is 3.03. The first-order valence-corrected chi connectivity index (χ1v) is 8.97. The summed E-state index contributed by atoms with van der Waals surface area (Å²) in [6.07, 6.45) is 5.50. The van der Waals surface area contributed by atoms with Gasteiger partial charge in [0.15, 0.2) is 5.58 Å². The van der Waals surface area contributed by atoms with Gasteiger partial charge in [0.25, 0.3) is 0 Å². The summed E-state index contributed by atoms with van der Waals surface area (Å²) in [6.45, 7) is 0. The van der Waals surface area contributed by atoms with Gasteiger partial charge in [0.1, 0.15) is 23.3 Å². The highest BCUT2D eigenvalue weighted by atomic mass is 16.5. The predicted molar refractivity (Wildman–Crippen MR) is 108 cm³/mol. The van der Waals surface area contributed by atoms with E-state index in [9.17, 15) is 0 Å². The van der Waals surface area contributed by atoms with E-state index < -0.39 is 0 Å². The van der Waals surface area contributed by atoms with Gasteiger partial charge >= 0.3 is 0 Å². The highest BCUT2D eigenvalue weighted by Crippen LogP contribution is 2.33. The fourth-order valence-corrected chi connectivity index (χ4v) is 3.18. The molecule has 0 atom stereocenters. The lowest BCUT2D eigenvalue weighted by Crippen LogP contribution is -1.86. The van der Waals surface area contributed by atoms with E-state index >= 15 is 0 Å². The Balaban J connectivity index is 1.55. The van der Waals surface area contributed by atoms with Gasteiger partial charge in [-0.05, 0) is 42.0 Å². The molecule has 5 heteroatoms. The molecule has 0 bridgehead atoms. The summed E-state index contributed by atoms with van der Waals surface area (Å²) in [5.74, 6) is 1.56. The van der Waals surface area contributed by atoms with Gasteiger partial charge < -0.3 is 9.15 Å². The first-order valence-electron chi connectivity index (χ1n) is 8.97. The Morgan fingerprint density at radius 3 is 2.57 bits per heavy atom. The van der Waals surface area contributed by atoms with E-state index in [0.717, 1.165) is 45.0 Å². The van der Waals surface area contributed by atoms with Crippen LogP contribution in [0.2, 0.25) is 0 Å². The number of benzene rings is 2. The first kappa shape index (κ1) is 16.3. The van der Waals surface area contributed by atoms with E-state index in [1.807, 2.05) is 86.2 Å². The molecule has 0 saturated heterocycles. The van der Waals surface area contributed by atoms with E-state index in [1.165, 1.54) is 0 Å². The van der Waals surface area contributed by atoms with Gasteiger partial charge in [-0.3, -0.25) is 4.68 Å². The molecule has 0 spiro atoms. The Kier molecular flexibility index (Phi) is 3.91. The van der Waals surface area contributed by atoms with Crippen LogP contribution in [-0.4, -0.2) is 14.8 Å². The zero-order chi connectivity index (χ0) is 18.9. The summed E-state index contributed by atoms with van der Waals surface area (Å²) < 4.78 is 13.5. The van der Waals surface area contributed by atoms with Crippen LogP contribution in [0.4, 0.5) is 0 Å². The van der Waals surface area contributed by atoms with Crippen molar-refractivity contribution in [1.29, 1.82) is 0 Å². The normalized spacial score (nSPS) is 11.0. The topological polar surface area (TPSA) is 53.1 Å². The minimum absolute atomic E-state index is 0.747. The molecule has 0 unspecified atom stereocenters. The van der Waals surface area contributed by atoms with Crippen LogP contribution >= 0.6 is 0 Å². The number of hydrogen-bond acceptors (Lipinski definition) is 4. The van der Waals surface area contributed by atoms with Crippen LogP contribution in [0.25, 0.3) is 33.5 Å². The molecule has 3 heterocycles. The Morgan fingerprint density at radius 2 is 1.75 bits per heavy atom. The summed E-state index contributed by atoms with van der Waals surface area (Å²) in [4.78, 5) is 4.82. The molecule has 0 amide bonds. The van der Waals surface area contributed by atoms with Crippen molar-refractivity contribution in [2.75, 3.05) is 0 Å². The highest BCUT2D eigenvalue weighted by molar-refractivity contribution is 5.92. The van der Waals surface area contributed by atoms with Crippen molar-refractivity contribution in [3.05, 3.63) is 85.4 Å². The Morgan fingerprint density at radius 1 is 0.893 bits per heavy atom. The largest absolute Gasteiger partial charge is 0.462 e. The quantitative estimate of drug-likeness (QED) is 0.410. The van der Waals surface area contributed by atoms with Crippen LogP contribution in [0.3, 0.4) is 0 Å². The maximum Gasteiger partial charge on any atom is 0.153 e. The van der Waals surface area contributed by atoms with Gasteiger partial charge in [0.05, 0.1) is 11.9 Å². The molecule has 0 aliphatic rings. The van der Waals surface area contributed by atoms with Crippen molar-refractivity contribution in [2.45, 2.75) is 0 Å². The first-order chi connectivity index (χ1) is 13.8. The molecular weight excluding hydrogens is 350 g/mol. The number of pyridine rings is 1. The van der Waals surface area contributed by atoms with E-state index in [2.05, 4.69) is 5.10 Å². The van der Waals surface area contributed by atoms with Crippen molar-refractivity contribution in [3.8, 4) is 33.9 Å². The molecule has 5 rings (SSSR count). The van der Waals surface area contributed by atoms with Crippen LogP contribution in [0.1, 0.15) is 0 Å². The van der Waals surface area contributed by atoms with Crippen LogP contribution in [0, 0.1) is 0 Å². The highest BCUT2D eigenvalue weighted by Gasteiger charge is 2.13. The maximum absolute atomic E-state index is 5.96. The number of aryl methyl sites for hydroxylation is 1. The summed E-state index contributed by atoms with van der Waals surface area (Å²) in [5, 5.41) is 4.23. The molecule has 28 heavy (non-hydrogen) atoms. The van der Waals surface area contributed by atoms with E-state index in [0.29, 0.717) is 0 Å². The smallest absolute Gasteiger partial charge is 0.153 e. The third-order valence-electron chi connectivity index (χ3n) is 4.54. The molecule has 0 aliphatic carbocycles. The van der Waals surface area contributed by atoms with E-state index in [4.69, 9.17) is 14.1 Å². The fourth-order valence-electron chi connectivity index (χ4n) is 3.18. The number of ether oxygens (including phenoxy) is 1. The Bertz CT molecular complexity index is 1260. The van der Waals surface area contributed by atoms with Crippen LogP contribution < -0.4 is 4.74 Å². The lowest BCUT2D eigenvalue weighted by molar-refractivity contribution is 0.483. The summed E-state index contributed by atoms with van der Waals surface area (Å²) >= 11 is 0. The second kappa shape index (κ2) is 6.70. The summed E-state index contributed by atoms with van der Waals surface area (Å²) in [5.41, 5.74) is 5.31. The van der Waals surface area contributed by atoms with Crippen LogP contribution in [-0.2, 0) is 7.05 Å². The lowest BCUT2D eigenvalue weighted by atomic mass is 10.1. The minimum atomic E-state index is 0.747. The van der Waals surface area contributed by atoms with Crippen molar-refractivity contribution >= 4 is 11.1 Å². The van der Waals surface area contributed by atoms with Gasteiger partial charge in [-0.25, -0.2) is 4.98 Å². The van der Waals surface area contributed by atoms with Crippen molar-refractivity contribution < 1.29 is 9.15 Å². The van der Waals surface area contributed by atoms with E-state index in [1.54, 1.807) is 10.9 Å². The van der Waals surface area contributed by atoms with Crippen LogP contribution in [0.15, 0.2) is 89.8 Å².